The van der Waals surface area contributed by atoms with E-state index in [4.69, 9.17) is 4.74 Å². The van der Waals surface area contributed by atoms with Crippen molar-refractivity contribution in [3.8, 4) is 0 Å². The number of urea groups is 1. The molecule has 120 valence electrons. The van der Waals surface area contributed by atoms with E-state index in [1.807, 2.05) is 27.7 Å². The fourth-order valence-electron chi connectivity index (χ4n) is 3.07. The maximum atomic E-state index is 12.2. The van der Waals surface area contributed by atoms with Crippen LogP contribution in [-0.4, -0.2) is 33.2 Å². The van der Waals surface area contributed by atoms with Gasteiger partial charge in [-0.1, -0.05) is 0 Å². The molecule has 1 aromatic rings. The Morgan fingerprint density at radius 1 is 1.23 bits per heavy atom. The summed E-state index contributed by atoms with van der Waals surface area (Å²) < 4.78 is 5.98. The van der Waals surface area contributed by atoms with Crippen LogP contribution < -0.4 is 10.6 Å². The van der Waals surface area contributed by atoms with E-state index in [2.05, 4.69) is 20.6 Å². The Bertz CT molecular complexity index is 564. The Hall–Kier alpha value is -1.69. The minimum atomic E-state index is -0.382. The van der Waals surface area contributed by atoms with Gasteiger partial charge >= 0.3 is 6.03 Å². The van der Waals surface area contributed by atoms with E-state index in [1.165, 1.54) is 12.8 Å². The number of hydrogen-bond acceptors (Lipinski definition) is 4. The summed E-state index contributed by atoms with van der Waals surface area (Å²) in [6, 6.07) is -0.281. The van der Waals surface area contributed by atoms with E-state index in [0.29, 0.717) is 11.6 Å². The van der Waals surface area contributed by atoms with Gasteiger partial charge in [-0.3, -0.25) is 0 Å². The normalized spacial score (nSPS) is 25.7. The first-order valence-corrected chi connectivity index (χ1v) is 7.85. The highest BCUT2D eigenvalue weighted by Gasteiger charge is 2.46. The zero-order valence-corrected chi connectivity index (χ0v) is 13.6. The summed E-state index contributed by atoms with van der Waals surface area (Å²) in [5.41, 5.74) is 0.00165. The summed E-state index contributed by atoms with van der Waals surface area (Å²) in [4.78, 5) is 20.8. The van der Waals surface area contributed by atoms with E-state index in [9.17, 15) is 4.79 Å². The monoisotopic (exact) mass is 304 g/mol. The quantitative estimate of drug-likeness (QED) is 0.900. The fraction of sp³-hybridized carbons (Fsp3) is 0.688. The smallest absolute Gasteiger partial charge is 0.319 e. The third-order valence-electron chi connectivity index (χ3n) is 4.25. The predicted molar refractivity (Wildman–Crippen MR) is 83.8 cm³/mol. The van der Waals surface area contributed by atoms with Gasteiger partial charge < -0.3 is 15.4 Å². The standard InChI is InChI=1S/C16H24N4O2/c1-15(2)7-12(16(3,4)22-15)20-14(21)19-11-8-17-13(18-9-11)10-5-6-10/h8-10,12H,5-7H2,1-4H3,(H2,19,20,21)/t12-/m0/s1. The van der Waals surface area contributed by atoms with Gasteiger partial charge in [-0.05, 0) is 47.0 Å². The van der Waals surface area contributed by atoms with Crippen LogP contribution in [0, 0.1) is 0 Å². The van der Waals surface area contributed by atoms with Gasteiger partial charge in [0, 0.05) is 5.92 Å². The predicted octanol–water partition coefficient (Wildman–Crippen LogP) is 2.82. The van der Waals surface area contributed by atoms with E-state index in [-0.39, 0.29) is 23.3 Å². The lowest BCUT2D eigenvalue weighted by Crippen LogP contribution is -2.47. The Labute approximate surface area is 131 Å². The van der Waals surface area contributed by atoms with Crippen LogP contribution in [0.1, 0.15) is 58.7 Å². The second-order valence-electron chi connectivity index (χ2n) is 7.42. The molecule has 0 unspecified atom stereocenters. The number of hydrogen-bond donors (Lipinski definition) is 2. The zero-order chi connectivity index (χ0) is 16.0. The lowest BCUT2D eigenvalue weighted by molar-refractivity contribution is -0.0689. The summed E-state index contributed by atoms with van der Waals surface area (Å²) in [5, 5.41) is 5.78. The molecular formula is C16H24N4O2. The van der Waals surface area contributed by atoms with Crippen LogP contribution in [-0.2, 0) is 4.74 Å². The van der Waals surface area contributed by atoms with Crippen molar-refractivity contribution in [1.82, 2.24) is 15.3 Å². The van der Waals surface area contributed by atoms with Crippen LogP contribution in [0.4, 0.5) is 10.5 Å². The first kappa shape index (κ1) is 15.2. The second-order valence-corrected chi connectivity index (χ2v) is 7.42. The Morgan fingerprint density at radius 2 is 1.86 bits per heavy atom. The highest BCUT2D eigenvalue weighted by atomic mass is 16.5. The van der Waals surface area contributed by atoms with Crippen molar-refractivity contribution in [2.24, 2.45) is 0 Å². The molecule has 1 saturated carbocycles. The van der Waals surface area contributed by atoms with Crippen molar-refractivity contribution in [1.29, 1.82) is 0 Å². The second kappa shape index (κ2) is 5.19. The van der Waals surface area contributed by atoms with Crippen LogP contribution in [0.2, 0.25) is 0 Å². The van der Waals surface area contributed by atoms with Gasteiger partial charge in [-0.25, -0.2) is 14.8 Å². The lowest BCUT2D eigenvalue weighted by atomic mass is 9.95. The fourth-order valence-corrected chi connectivity index (χ4v) is 3.07. The van der Waals surface area contributed by atoms with E-state index >= 15 is 0 Å². The van der Waals surface area contributed by atoms with Gasteiger partial charge in [0.15, 0.2) is 0 Å². The Kier molecular flexibility index (Phi) is 3.59. The van der Waals surface area contributed by atoms with Crippen LogP contribution in [0.5, 0.6) is 0 Å². The van der Waals surface area contributed by atoms with Crippen molar-refractivity contribution >= 4 is 11.7 Å². The number of rotatable bonds is 3. The molecule has 22 heavy (non-hydrogen) atoms. The van der Waals surface area contributed by atoms with E-state index < -0.39 is 0 Å². The molecule has 1 atom stereocenters. The van der Waals surface area contributed by atoms with Crippen molar-refractivity contribution in [2.75, 3.05) is 5.32 Å². The SMILES string of the molecule is CC1(C)C[C@H](NC(=O)Nc2cnc(C3CC3)nc2)C(C)(C)O1. The molecule has 0 aromatic carbocycles. The topological polar surface area (TPSA) is 76.1 Å². The molecule has 0 bridgehead atoms. The molecule has 2 N–H and O–H groups in total. The number of nitrogens with zero attached hydrogens (tertiary/aromatic N) is 2. The summed E-state index contributed by atoms with van der Waals surface area (Å²) >= 11 is 0. The van der Waals surface area contributed by atoms with Gasteiger partial charge in [0.1, 0.15) is 5.82 Å². The maximum Gasteiger partial charge on any atom is 0.319 e. The van der Waals surface area contributed by atoms with Gasteiger partial charge in [0.25, 0.3) is 0 Å². The maximum absolute atomic E-state index is 12.2. The minimum absolute atomic E-state index is 0.0332. The Morgan fingerprint density at radius 3 is 2.36 bits per heavy atom. The van der Waals surface area contributed by atoms with Gasteiger partial charge in [0.05, 0.1) is 35.3 Å². The molecular weight excluding hydrogens is 280 g/mol. The number of carbonyl (C=O) groups excluding carboxylic acids is 1. The summed E-state index contributed by atoms with van der Waals surface area (Å²) in [7, 11) is 0. The first-order chi connectivity index (χ1) is 10.3. The first-order valence-electron chi connectivity index (χ1n) is 7.85. The molecule has 6 nitrogen and oxygen atoms in total. The lowest BCUT2D eigenvalue weighted by Gasteiger charge is -2.27. The van der Waals surface area contributed by atoms with Crippen molar-refractivity contribution < 1.29 is 9.53 Å². The van der Waals surface area contributed by atoms with Crippen molar-refractivity contribution in [3.63, 3.8) is 0 Å². The molecule has 6 heteroatoms. The van der Waals surface area contributed by atoms with Gasteiger partial charge in [-0.15, -0.1) is 0 Å². The molecule has 2 amide bonds. The minimum Gasteiger partial charge on any atom is -0.367 e. The summed E-state index contributed by atoms with van der Waals surface area (Å²) in [6.07, 6.45) is 6.45. The summed E-state index contributed by atoms with van der Waals surface area (Å²) in [5.74, 6) is 1.39. The molecule has 0 spiro atoms. The molecule has 1 saturated heterocycles. The molecule has 1 aromatic heterocycles. The average molecular weight is 304 g/mol. The molecule has 2 heterocycles. The largest absolute Gasteiger partial charge is 0.367 e. The van der Waals surface area contributed by atoms with Crippen LogP contribution in [0.15, 0.2) is 12.4 Å². The number of ether oxygens (including phenoxy) is 1. The third-order valence-corrected chi connectivity index (χ3v) is 4.25. The molecule has 3 rings (SSSR count). The van der Waals surface area contributed by atoms with Crippen molar-refractivity contribution in [3.05, 3.63) is 18.2 Å². The molecule has 1 aliphatic heterocycles. The number of aromatic nitrogens is 2. The molecule has 2 fully saturated rings. The van der Waals surface area contributed by atoms with Crippen LogP contribution in [0.3, 0.4) is 0 Å². The van der Waals surface area contributed by atoms with Crippen LogP contribution >= 0.6 is 0 Å². The van der Waals surface area contributed by atoms with Gasteiger partial charge in [-0.2, -0.15) is 0 Å². The van der Waals surface area contributed by atoms with Crippen LogP contribution in [0.25, 0.3) is 0 Å². The third kappa shape index (κ3) is 3.38. The molecule has 1 aliphatic carbocycles. The highest BCUT2D eigenvalue weighted by molar-refractivity contribution is 5.89. The summed E-state index contributed by atoms with van der Waals surface area (Å²) in [6.45, 7) is 8.08. The van der Waals surface area contributed by atoms with E-state index in [1.54, 1.807) is 12.4 Å². The van der Waals surface area contributed by atoms with E-state index in [0.717, 1.165) is 12.2 Å². The number of nitrogens with one attached hydrogen (secondary N) is 2. The molecule has 2 aliphatic rings. The highest BCUT2D eigenvalue weighted by Crippen LogP contribution is 2.38. The number of carbonyl (C=O) groups is 1. The number of amides is 2. The molecule has 0 radical (unpaired) electrons. The van der Waals surface area contributed by atoms with Gasteiger partial charge in [0.2, 0.25) is 0 Å². The van der Waals surface area contributed by atoms with Crippen molar-refractivity contribution in [2.45, 2.75) is 70.1 Å². The number of anilines is 1. The zero-order valence-electron chi connectivity index (χ0n) is 13.6. The Balaban J connectivity index is 1.58. The average Bonchev–Trinajstić information content (AvgIpc) is 3.18.